The standard InChI is InChI=1S/C47H74N8O11/c1-11-26(6)37-46(64)54(10)35(24-30-16-18-31(56)19-17-30)43(61)52-38(27(7)12-2)47(65)66-29(9)39(53-41(59)32(20-21-36(48)57)49-40(58)28(8)13-3)44(62)50-33(23-25(4)5)45(63)55-22-14-15-34(55)42(60)51-37/h16-19,25-29,32-35,37-39,56H,11-15,20-24H2,1-10H3,(H2,48,57)(H,49,58)(H,50,62)(H,51,60)(H,52,61)(H,53,59)/t26?,27?,28?,29?,32-,33-,34?,35-,37?,38-,39-/m0/s1. The van der Waals surface area contributed by atoms with Crippen molar-refractivity contribution >= 4 is 53.2 Å². The molecule has 2 aliphatic rings. The average molecular weight is 927 g/mol. The molecule has 0 saturated carbocycles. The largest absolute Gasteiger partial charge is 0.508 e. The first kappa shape index (κ1) is 54.6. The number of carbonyl (C=O) groups excluding carboxylic acids is 9. The Balaban J connectivity index is 2.24. The lowest BCUT2D eigenvalue weighted by atomic mass is 9.95. The van der Waals surface area contributed by atoms with E-state index in [4.69, 9.17) is 10.5 Å². The predicted molar refractivity (Wildman–Crippen MR) is 245 cm³/mol. The third kappa shape index (κ3) is 14.9. The molecule has 8 amide bonds. The maximum Gasteiger partial charge on any atom is 0.329 e. The second kappa shape index (κ2) is 25.2. The van der Waals surface area contributed by atoms with Crippen molar-refractivity contribution in [2.24, 2.45) is 29.4 Å². The van der Waals surface area contributed by atoms with Gasteiger partial charge in [0.1, 0.15) is 54.1 Å². The number of esters is 1. The number of primary amides is 1. The van der Waals surface area contributed by atoms with E-state index in [1.807, 2.05) is 20.8 Å². The molecule has 11 atom stereocenters. The van der Waals surface area contributed by atoms with Crippen LogP contribution in [0.1, 0.15) is 119 Å². The minimum absolute atomic E-state index is 0.0171. The van der Waals surface area contributed by atoms with Crippen molar-refractivity contribution in [1.82, 2.24) is 36.4 Å². The highest BCUT2D eigenvalue weighted by atomic mass is 16.5. The number of phenolic OH excluding ortho intramolecular Hbond substituents is 1. The van der Waals surface area contributed by atoms with Crippen molar-refractivity contribution in [2.75, 3.05) is 13.6 Å². The molecule has 66 heavy (non-hydrogen) atoms. The van der Waals surface area contributed by atoms with Crippen LogP contribution < -0.4 is 32.3 Å². The fourth-order valence-electron chi connectivity index (χ4n) is 7.97. The van der Waals surface area contributed by atoms with Gasteiger partial charge in [-0.3, -0.25) is 38.4 Å². The first-order valence-electron chi connectivity index (χ1n) is 23.4. The summed E-state index contributed by atoms with van der Waals surface area (Å²) in [5.41, 5.74) is 5.98. The molecule has 1 aromatic rings. The Morgan fingerprint density at radius 2 is 1.44 bits per heavy atom. The van der Waals surface area contributed by atoms with Crippen molar-refractivity contribution in [3.05, 3.63) is 29.8 Å². The number of ether oxygens (including phenoxy) is 1. The van der Waals surface area contributed by atoms with Crippen LogP contribution in [0.3, 0.4) is 0 Å². The van der Waals surface area contributed by atoms with Gasteiger partial charge in [-0.25, -0.2) is 4.79 Å². The molecule has 19 heteroatoms. The first-order valence-corrected chi connectivity index (χ1v) is 23.4. The number of amides is 8. The maximum absolute atomic E-state index is 14.6. The highest BCUT2D eigenvalue weighted by molar-refractivity contribution is 5.98. The number of nitrogens with two attached hydrogens (primary N) is 1. The number of rotatable bonds is 16. The molecule has 2 fully saturated rings. The van der Waals surface area contributed by atoms with E-state index in [0.717, 1.165) is 0 Å². The smallest absolute Gasteiger partial charge is 0.329 e. The zero-order valence-electron chi connectivity index (χ0n) is 40.3. The number of carbonyl (C=O) groups is 9. The number of nitrogens with one attached hydrogen (secondary N) is 5. The molecule has 368 valence electrons. The molecule has 0 aromatic heterocycles. The Morgan fingerprint density at radius 1 is 0.833 bits per heavy atom. The number of fused-ring (bicyclic) bond motifs is 1. The lowest BCUT2D eigenvalue weighted by Crippen LogP contribution is -2.62. The number of hydrogen-bond acceptors (Lipinski definition) is 11. The van der Waals surface area contributed by atoms with Gasteiger partial charge in [0.25, 0.3) is 0 Å². The monoisotopic (exact) mass is 927 g/mol. The van der Waals surface area contributed by atoms with Crippen LogP contribution in [0.5, 0.6) is 5.75 Å². The van der Waals surface area contributed by atoms with E-state index in [9.17, 15) is 48.3 Å². The summed E-state index contributed by atoms with van der Waals surface area (Å²) < 4.78 is 5.95. The third-order valence-corrected chi connectivity index (χ3v) is 12.9. The van der Waals surface area contributed by atoms with Crippen molar-refractivity contribution < 1.29 is 53.0 Å². The van der Waals surface area contributed by atoms with Gasteiger partial charge in [0.2, 0.25) is 47.3 Å². The van der Waals surface area contributed by atoms with Crippen molar-refractivity contribution in [3.8, 4) is 5.75 Å². The van der Waals surface area contributed by atoms with Crippen LogP contribution in [0.15, 0.2) is 24.3 Å². The van der Waals surface area contributed by atoms with Gasteiger partial charge in [0.15, 0.2) is 0 Å². The Kier molecular flexibility index (Phi) is 20.9. The number of nitrogens with zero attached hydrogens (tertiary/aromatic N) is 2. The summed E-state index contributed by atoms with van der Waals surface area (Å²) in [6.45, 7) is 15.8. The van der Waals surface area contributed by atoms with E-state index in [1.54, 1.807) is 46.8 Å². The van der Waals surface area contributed by atoms with E-state index in [1.165, 1.54) is 35.9 Å². The number of benzene rings is 1. The van der Waals surface area contributed by atoms with Gasteiger partial charge < -0.3 is 52.0 Å². The molecule has 3 rings (SSSR count). The molecule has 6 unspecified atom stereocenters. The van der Waals surface area contributed by atoms with Crippen molar-refractivity contribution in [2.45, 2.75) is 168 Å². The molecule has 0 radical (unpaired) electrons. The Morgan fingerprint density at radius 3 is 2.02 bits per heavy atom. The molecule has 0 aliphatic carbocycles. The van der Waals surface area contributed by atoms with Crippen LogP contribution in [-0.4, -0.2) is 130 Å². The SMILES string of the molecule is CCC(C)C(=O)N[C@@H](CCC(N)=O)C(=O)N[C@@H]1C(=O)N[C@@H](CC(C)C)C(=O)N2CCCC2C(=O)NC(C(C)CC)C(=O)N(C)[C@@H](Cc2ccc(O)cc2)C(=O)N[C@@H](C(C)CC)C(=O)OC1C. The number of cyclic esters (lactones) is 1. The minimum atomic E-state index is -1.70. The van der Waals surface area contributed by atoms with Crippen LogP contribution in [0.25, 0.3) is 0 Å². The fraction of sp³-hybridized carbons (Fsp3) is 0.681. The van der Waals surface area contributed by atoms with Gasteiger partial charge in [0.05, 0.1) is 0 Å². The quantitative estimate of drug-likeness (QED) is 0.117. The van der Waals surface area contributed by atoms with Crippen LogP contribution >= 0.6 is 0 Å². The molecule has 0 spiro atoms. The molecule has 0 bridgehead atoms. The molecule has 19 nitrogen and oxygen atoms in total. The number of likely N-dealkylation sites (N-methyl/N-ethyl adjacent to an activating group) is 1. The number of phenols is 1. The Bertz CT molecular complexity index is 1890. The highest BCUT2D eigenvalue weighted by Gasteiger charge is 2.44. The second-order valence-electron chi connectivity index (χ2n) is 18.5. The molecule has 2 heterocycles. The molecule has 2 aliphatic heterocycles. The highest BCUT2D eigenvalue weighted by Crippen LogP contribution is 2.24. The third-order valence-electron chi connectivity index (χ3n) is 12.9. The van der Waals surface area contributed by atoms with Crippen LogP contribution in [0.2, 0.25) is 0 Å². The van der Waals surface area contributed by atoms with E-state index in [0.29, 0.717) is 31.2 Å². The molecular weight excluding hydrogens is 853 g/mol. The zero-order valence-corrected chi connectivity index (χ0v) is 40.3. The van der Waals surface area contributed by atoms with Crippen molar-refractivity contribution in [3.63, 3.8) is 0 Å². The zero-order chi connectivity index (χ0) is 49.6. The number of aromatic hydroxyl groups is 1. The summed E-state index contributed by atoms with van der Waals surface area (Å²) in [4.78, 5) is 129. The predicted octanol–water partition coefficient (Wildman–Crippen LogP) is 1.57. The van der Waals surface area contributed by atoms with Gasteiger partial charge in [-0.15, -0.1) is 0 Å². The summed E-state index contributed by atoms with van der Waals surface area (Å²) in [5.74, 6) is -8.19. The van der Waals surface area contributed by atoms with Gasteiger partial charge in [-0.1, -0.05) is 80.4 Å². The maximum atomic E-state index is 14.6. The molecular formula is C47H74N8O11. The summed E-state index contributed by atoms with van der Waals surface area (Å²) >= 11 is 0. The summed E-state index contributed by atoms with van der Waals surface area (Å²) in [6, 6.07) is -2.95. The van der Waals surface area contributed by atoms with Gasteiger partial charge in [-0.2, -0.15) is 0 Å². The first-order chi connectivity index (χ1) is 31.0. The van der Waals surface area contributed by atoms with Gasteiger partial charge in [0, 0.05) is 32.4 Å². The number of hydrogen-bond donors (Lipinski definition) is 7. The van der Waals surface area contributed by atoms with Gasteiger partial charge >= 0.3 is 5.97 Å². The van der Waals surface area contributed by atoms with Crippen LogP contribution in [0, 0.1) is 23.7 Å². The average Bonchev–Trinajstić information content (AvgIpc) is 3.78. The minimum Gasteiger partial charge on any atom is -0.508 e. The molecule has 8 N–H and O–H groups in total. The Hall–Kier alpha value is -5.75. The summed E-state index contributed by atoms with van der Waals surface area (Å²) in [5, 5.41) is 23.7. The lowest BCUT2D eigenvalue weighted by Gasteiger charge is -2.35. The Labute approximate surface area is 388 Å². The molecule has 2 saturated heterocycles. The fourth-order valence-corrected chi connectivity index (χ4v) is 7.97. The normalized spacial score (nSPS) is 25.7. The summed E-state index contributed by atoms with van der Waals surface area (Å²) in [7, 11) is 1.43. The summed E-state index contributed by atoms with van der Waals surface area (Å²) in [6.07, 6.45) is 0.0414. The van der Waals surface area contributed by atoms with E-state index >= 15 is 0 Å². The topological polar surface area (TPSA) is 276 Å². The van der Waals surface area contributed by atoms with E-state index < -0.39 is 119 Å². The lowest BCUT2D eigenvalue weighted by molar-refractivity contribution is -0.158. The van der Waals surface area contributed by atoms with E-state index in [2.05, 4.69) is 26.6 Å². The van der Waals surface area contributed by atoms with Crippen molar-refractivity contribution in [1.29, 1.82) is 0 Å². The van der Waals surface area contributed by atoms with Crippen LogP contribution in [-0.2, 0) is 54.3 Å². The van der Waals surface area contributed by atoms with E-state index in [-0.39, 0.29) is 50.3 Å². The molecule has 1 aromatic carbocycles. The second-order valence-corrected chi connectivity index (χ2v) is 18.5. The van der Waals surface area contributed by atoms with Gasteiger partial charge in [-0.05, 0) is 74.5 Å². The van der Waals surface area contributed by atoms with Crippen LogP contribution in [0.4, 0.5) is 0 Å².